The van der Waals surface area contributed by atoms with Crippen molar-refractivity contribution in [1.82, 2.24) is 4.90 Å². The number of hydrogen-bond donors (Lipinski definition) is 4. The Balaban J connectivity index is 1.84. The van der Waals surface area contributed by atoms with Gasteiger partial charge in [-0.25, -0.2) is 0 Å². The van der Waals surface area contributed by atoms with Crippen molar-refractivity contribution in [3.05, 3.63) is 59.2 Å². The maximum atomic E-state index is 12.8. The van der Waals surface area contributed by atoms with Gasteiger partial charge in [0.2, 0.25) is 0 Å². The Morgan fingerprint density at radius 1 is 1.12 bits per heavy atom. The molecular weight excluding hydrogens is 430 g/mol. The molecule has 0 bridgehead atoms. The third kappa shape index (κ3) is 5.65. The van der Waals surface area contributed by atoms with Gasteiger partial charge in [0.1, 0.15) is 0 Å². The van der Waals surface area contributed by atoms with Crippen LogP contribution in [0.2, 0.25) is 0 Å². The van der Waals surface area contributed by atoms with E-state index in [1.54, 1.807) is 4.90 Å². The molecule has 0 fully saturated rings. The zero-order valence-corrected chi connectivity index (χ0v) is 20.0. The van der Waals surface area contributed by atoms with Crippen LogP contribution in [0.5, 0.6) is 0 Å². The highest BCUT2D eigenvalue weighted by Crippen LogP contribution is 2.42. The number of unbranched alkanes of at least 4 members (excludes halogenated alkanes) is 1. The smallest absolute Gasteiger partial charge is 0.307 e. The number of carbonyl (C=O) groups is 2. The Bertz CT molecular complexity index is 1050. The van der Waals surface area contributed by atoms with Gasteiger partial charge in [-0.2, -0.15) is 0 Å². The predicted octanol–water partition coefficient (Wildman–Crippen LogP) is 4.03. The number of carboxylic acid groups (broad SMARTS) is 1. The number of carboxylic acids is 1. The lowest BCUT2D eigenvalue weighted by molar-refractivity contribution is -0.144. The van der Waals surface area contributed by atoms with Gasteiger partial charge in [-0.3, -0.25) is 15.0 Å². The first kappa shape index (κ1) is 25.4. The average molecular weight is 466 g/mol. The van der Waals surface area contributed by atoms with Gasteiger partial charge in [0.25, 0.3) is 5.91 Å². The molecule has 0 aromatic heterocycles. The molecule has 1 aliphatic carbocycles. The highest BCUT2D eigenvalue weighted by molar-refractivity contribution is 5.95. The lowest BCUT2D eigenvalue weighted by Gasteiger charge is -2.24. The van der Waals surface area contributed by atoms with Crippen molar-refractivity contribution < 1.29 is 19.8 Å². The van der Waals surface area contributed by atoms with Gasteiger partial charge in [0.05, 0.1) is 17.9 Å². The quantitative estimate of drug-likeness (QED) is 0.226. The molecule has 3 atom stereocenters. The van der Waals surface area contributed by atoms with E-state index in [0.717, 1.165) is 22.3 Å². The zero-order chi connectivity index (χ0) is 24.8. The summed E-state index contributed by atoms with van der Waals surface area (Å²) in [6.45, 7) is 5.22. The van der Waals surface area contributed by atoms with Gasteiger partial charge >= 0.3 is 5.97 Å². The number of benzene rings is 2. The van der Waals surface area contributed by atoms with E-state index in [9.17, 15) is 19.8 Å². The molecule has 0 radical (unpaired) electrons. The lowest BCUT2D eigenvalue weighted by Crippen LogP contribution is -2.30. The molecule has 1 aliphatic rings. The SMILES string of the molecule is CCN(CC)C(=O)c1cccc(-c2ccc3c(c2)CC(O)C3C(CCCCC(=N)N)C(=O)O)c1. The van der Waals surface area contributed by atoms with E-state index in [1.807, 2.05) is 56.3 Å². The molecule has 7 nitrogen and oxygen atoms in total. The average Bonchev–Trinajstić information content (AvgIpc) is 3.14. The highest BCUT2D eigenvalue weighted by atomic mass is 16.4. The first-order valence-corrected chi connectivity index (χ1v) is 12.0. The Kier molecular flexibility index (Phi) is 8.45. The number of amidine groups is 1. The molecule has 0 spiro atoms. The number of aliphatic hydroxyl groups excluding tert-OH is 1. The van der Waals surface area contributed by atoms with Gasteiger partial charge in [-0.1, -0.05) is 36.8 Å². The molecule has 182 valence electrons. The summed E-state index contributed by atoms with van der Waals surface area (Å²) in [5.41, 5.74) is 9.72. The maximum absolute atomic E-state index is 12.8. The Labute approximate surface area is 201 Å². The molecule has 0 heterocycles. The molecule has 0 saturated heterocycles. The third-order valence-electron chi connectivity index (χ3n) is 6.80. The normalized spacial score (nSPS) is 17.7. The number of nitrogens with zero attached hydrogens (tertiary/aromatic N) is 1. The first-order valence-electron chi connectivity index (χ1n) is 12.0. The summed E-state index contributed by atoms with van der Waals surface area (Å²) in [6.07, 6.45) is 1.84. The van der Waals surface area contributed by atoms with E-state index in [0.29, 0.717) is 50.8 Å². The summed E-state index contributed by atoms with van der Waals surface area (Å²) >= 11 is 0. The molecular formula is C27H35N3O4. The molecule has 1 amide bonds. The second kappa shape index (κ2) is 11.3. The topological polar surface area (TPSA) is 128 Å². The minimum Gasteiger partial charge on any atom is -0.481 e. The summed E-state index contributed by atoms with van der Waals surface area (Å²) in [4.78, 5) is 26.6. The van der Waals surface area contributed by atoms with Crippen molar-refractivity contribution in [3.63, 3.8) is 0 Å². The summed E-state index contributed by atoms with van der Waals surface area (Å²) in [6, 6.07) is 13.4. The van der Waals surface area contributed by atoms with Crippen molar-refractivity contribution >= 4 is 17.7 Å². The van der Waals surface area contributed by atoms with Crippen molar-refractivity contribution in [1.29, 1.82) is 5.41 Å². The van der Waals surface area contributed by atoms with Crippen LogP contribution in [0.3, 0.4) is 0 Å². The zero-order valence-electron chi connectivity index (χ0n) is 20.0. The largest absolute Gasteiger partial charge is 0.481 e. The van der Waals surface area contributed by atoms with Crippen LogP contribution in [0.25, 0.3) is 11.1 Å². The fraction of sp³-hybridized carbons (Fsp3) is 0.444. The van der Waals surface area contributed by atoms with Crippen LogP contribution in [-0.4, -0.2) is 52.0 Å². The summed E-state index contributed by atoms with van der Waals surface area (Å²) < 4.78 is 0. The molecule has 5 N–H and O–H groups in total. The number of nitrogens with two attached hydrogens (primary N) is 1. The number of aliphatic hydroxyl groups is 1. The van der Waals surface area contributed by atoms with E-state index in [2.05, 4.69) is 0 Å². The predicted molar refractivity (Wildman–Crippen MR) is 133 cm³/mol. The number of nitrogens with one attached hydrogen (secondary N) is 1. The Hall–Kier alpha value is -3.19. The number of aliphatic carboxylic acids is 1. The number of carbonyl (C=O) groups excluding carboxylic acids is 1. The molecule has 0 saturated carbocycles. The van der Waals surface area contributed by atoms with Crippen LogP contribution in [0.4, 0.5) is 0 Å². The molecule has 34 heavy (non-hydrogen) atoms. The van der Waals surface area contributed by atoms with Crippen LogP contribution >= 0.6 is 0 Å². The third-order valence-corrected chi connectivity index (χ3v) is 6.80. The second-order valence-electron chi connectivity index (χ2n) is 8.98. The minimum absolute atomic E-state index is 0.00225. The first-order chi connectivity index (χ1) is 16.3. The van der Waals surface area contributed by atoms with Gasteiger partial charge < -0.3 is 20.8 Å². The van der Waals surface area contributed by atoms with Crippen LogP contribution in [0.1, 0.15) is 66.9 Å². The molecule has 0 aliphatic heterocycles. The second-order valence-corrected chi connectivity index (χ2v) is 8.98. The lowest BCUT2D eigenvalue weighted by atomic mass is 9.82. The molecule has 3 unspecified atom stereocenters. The minimum atomic E-state index is -0.911. The van der Waals surface area contributed by atoms with Crippen molar-refractivity contribution in [2.24, 2.45) is 11.7 Å². The van der Waals surface area contributed by atoms with Crippen molar-refractivity contribution in [2.75, 3.05) is 13.1 Å². The highest BCUT2D eigenvalue weighted by Gasteiger charge is 2.40. The van der Waals surface area contributed by atoms with E-state index in [-0.39, 0.29) is 11.7 Å². The van der Waals surface area contributed by atoms with E-state index in [1.165, 1.54) is 0 Å². The van der Waals surface area contributed by atoms with Gasteiger partial charge in [-0.05, 0) is 67.5 Å². The molecule has 2 aromatic carbocycles. The van der Waals surface area contributed by atoms with E-state index < -0.39 is 23.9 Å². The fourth-order valence-electron chi connectivity index (χ4n) is 4.99. The standard InChI is InChI=1S/C27H35N3O4/c1-3-30(4-2)26(32)19-9-7-8-17(14-19)18-12-13-21-20(15-18)16-23(31)25(21)22(27(33)34)10-5-6-11-24(28)29/h7-9,12-15,22-23,25,31H,3-6,10-11,16H2,1-2H3,(H3,28,29)(H,33,34). The van der Waals surface area contributed by atoms with E-state index in [4.69, 9.17) is 11.1 Å². The Morgan fingerprint density at radius 3 is 2.47 bits per heavy atom. The maximum Gasteiger partial charge on any atom is 0.307 e. The molecule has 2 aromatic rings. The number of amides is 1. The van der Waals surface area contributed by atoms with Gasteiger partial charge in [0.15, 0.2) is 0 Å². The number of fused-ring (bicyclic) bond motifs is 1. The van der Waals surface area contributed by atoms with Crippen molar-refractivity contribution in [2.45, 2.75) is 58.0 Å². The van der Waals surface area contributed by atoms with Gasteiger partial charge in [-0.15, -0.1) is 0 Å². The van der Waals surface area contributed by atoms with Crippen LogP contribution < -0.4 is 5.73 Å². The van der Waals surface area contributed by atoms with Crippen LogP contribution in [0, 0.1) is 11.3 Å². The van der Waals surface area contributed by atoms with Crippen molar-refractivity contribution in [3.8, 4) is 11.1 Å². The number of rotatable bonds is 11. The summed E-state index contributed by atoms with van der Waals surface area (Å²) in [5.74, 6) is -1.96. The molecule has 3 rings (SSSR count). The van der Waals surface area contributed by atoms with E-state index >= 15 is 0 Å². The number of hydrogen-bond acceptors (Lipinski definition) is 4. The Morgan fingerprint density at radius 2 is 1.82 bits per heavy atom. The fourth-order valence-corrected chi connectivity index (χ4v) is 4.99. The summed E-state index contributed by atoms with van der Waals surface area (Å²) in [7, 11) is 0. The summed E-state index contributed by atoms with van der Waals surface area (Å²) in [5, 5.41) is 28.0. The van der Waals surface area contributed by atoms with Gasteiger partial charge in [0, 0.05) is 31.0 Å². The van der Waals surface area contributed by atoms with Crippen LogP contribution in [-0.2, 0) is 11.2 Å². The van der Waals surface area contributed by atoms with Crippen LogP contribution in [0.15, 0.2) is 42.5 Å². The monoisotopic (exact) mass is 465 g/mol. The molecule has 7 heteroatoms.